The fourth-order valence-corrected chi connectivity index (χ4v) is 3.99. The van der Waals surface area contributed by atoms with Crippen LogP contribution in [-0.2, 0) is 14.3 Å². The maximum Gasteiger partial charge on any atom is 0.261 e. The highest BCUT2D eigenvalue weighted by Crippen LogP contribution is 2.24. The van der Waals surface area contributed by atoms with Crippen molar-refractivity contribution in [2.75, 3.05) is 33.4 Å². The van der Waals surface area contributed by atoms with Crippen molar-refractivity contribution < 1.29 is 28.7 Å². The lowest BCUT2D eigenvalue weighted by Gasteiger charge is -2.32. The van der Waals surface area contributed by atoms with Crippen LogP contribution in [0.5, 0.6) is 0 Å². The Labute approximate surface area is 187 Å². The number of Topliss-reactive ketones (excluding diaryl/α,β-unsaturated/α-hetero) is 1. The van der Waals surface area contributed by atoms with Crippen molar-refractivity contribution in [3.63, 3.8) is 0 Å². The van der Waals surface area contributed by atoms with Crippen LogP contribution < -0.4 is 5.32 Å². The molecule has 2 heterocycles. The van der Waals surface area contributed by atoms with Gasteiger partial charge in [0.1, 0.15) is 5.78 Å². The lowest BCUT2D eigenvalue weighted by molar-refractivity contribution is -0.133. The Morgan fingerprint density at radius 1 is 1.06 bits per heavy atom. The van der Waals surface area contributed by atoms with Gasteiger partial charge in [-0.25, -0.2) is 0 Å². The average Bonchev–Trinajstić information content (AvgIpc) is 3.02. The zero-order chi connectivity index (χ0) is 23.3. The molecule has 1 saturated heterocycles. The second-order valence-corrected chi connectivity index (χ2v) is 8.20. The normalized spacial score (nSPS) is 16.3. The first-order chi connectivity index (χ1) is 15.3. The Balaban J connectivity index is 1.55. The monoisotopic (exact) mass is 443 g/mol. The third-order valence-electron chi connectivity index (χ3n) is 5.84. The topological polar surface area (TPSA) is 113 Å². The molecule has 0 bridgehead atoms. The van der Waals surface area contributed by atoms with Gasteiger partial charge in [0.15, 0.2) is 0 Å². The summed E-state index contributed by atoms with van der Waals surface area (Å²) in [5.41, 5.74) is 0.871. The summed E-state index contributed by atoms with van der Waals surface area (Å²) < 4.78 is 4.98. The number of nitrogens with zero attached hydrogens (tertiary/aromatic N) is 2. The molecular formula is C23H29N3O6. The van der Waals surface area contributed by atoms with E-state index in [0.29, 0.717) is 50.1 Å². The number of piperidine rings is 1. The van der Waals surface area contributed by atoms with E-state index in [9.17, 15) is 24.0 Å². The number of rotatable bonds is 9. The summed E-state index contributed by atoms with van der Waals surface area (Å²) in [5, 5.41) is 2.96. The highest BCUT2D eigenvalue weighted by Gasteiger charge is 2.35. The Hall–Kier alpha value is -3.07. The number of methoxy groups -OCH3 is 1. The number of hydrogen-bond acceptors (Lipinski definition) is 6. The molecule has 32 heavy (non-hydrogen) atoms. The highest BCUT2D eigenvalue weighted by atomic mass is 16.5. The van der Waals surface area contributed by atoms with Crippen LogP contribution in [0.3, 0.4) is 0 Å². The molecule has 4 amide bonds. The van der Waals surface area contributed by atoms with Gasteiger partial charge in [-0.15, -0.1) is 0 Å². The van der Waals surface area contributed by atoms with Crippen LogP contribution in [0.15, 0.2) is 18.2 Å². The zero-order valence-electron chi connectivity index (χ0n) is 18.5. The molecule has 9 heteroatoms. The van der Waals surface area contributed by atoms with Gasteiger partial charge in [-0.05, 0) is 44.4 Å². The van der Waals surface area contributed by atoms with Gasteiger partial charge in [-0.3, -0.25) is 24.1 Å². The van der Waals surface area contributed by atoms with E-state index in [0.717, 1.165) is 0 Å². The van der Waals surface area contributed by atoms with Crippen molar-refractivity contribution in [1.82, 2.24) is 15.1 Å². The molecule has 0 unspecified atom stereocenters. The number of hydrogen-bond donors (Lipinski definition) is 1. The summed E-state index contributed by atoms with van der Waals surface area (Å²) in [5.74, 6) is -1.11. The van der Waals surface area contributed by atoms with Gasteiger partial charge < -0.3 is 19.7 Å². The van der Waals surface area contributed by atoms with Crippen molar-refractivity contribution >= 4 is 29.4 Å². The number of amides is 4. The molecule has 0 spiro atoms. The van der Waals surface area contributed by atoms with E-state index < -0.39 is 5.91 Å². The molecule has 1 aromatic carbocycles. The average molecular weight is 444 g/mol. The molecule has 1 aromatic rings. The molecule has 2 aliphatic rings. The number of likely N-dealkylation sites (tertiary alicyclic amines) is 1. The first-order valence-electron chi connectivity index (χ1n) is 10.9. The van der Waals surface area contributed by atoms with E-state index in [1.165, 1.54) is 24.0 Å². The lowest BCUT2D eigenvalue weighted by atomic mass is 10.0. The van der Waals surface area contributed by atoms with Crippen molar-refractivity contribution in [3.05, 3.63) is 34.9 Å². The first kappa shape index (κ1) is 23.6. The summed E-state index contributed by atoms with van der Waals surface area (Å²) in [4.78, 5) is 64.0. The minimum absolute atomic E-state index is 0.00637. The van der Waals surface area contributed by atoms with Crippen LogP contribution in [0, 0.1) is 0 Å². The first-order valence-corrected chi connectivity index (χ1v) is 10.9. The summed E-state index contributed by atoms with van der Waals surface area (Å²) in [6.07, 6.45) is 2.25. The summed E-state index contributed by atoms with van der Waals surface area (Å²) in [6.45, 7) is 3.23. The number of imide groups is 1. The molecule has 2 aliphatic heterocycles. The molecule has 0 saturated carbocycles. The van der Waals surface area contributed by atoms with Crippen molar-refractivity contribution in [2.45, 2.75) is 45.1 Å². The third kappa shape index (κ3) is 5.40. The van der Waals surface area contributed by atoms with Crippen LogP contribution in [0.4, 0.5) is 0 Å². The second kappa shape index (κ2) is 10.5. The number of carbonyl (C=O) groups is 5. The standard InChI is InChI=1S/C23H29N3O6/c1-15(27)4-7-20(28)25-11-8-17(9-12-25)24-21(29)16-5-6-18-19(14-16)23(31)26(22(18)30)10-3-13-32-2/h5-6,14,17H,3-4,7-13H2,1-2H3,(H,24,29). The number of benzene rings is 1. The van der Waals surface area contributed by atoms with Crippen molar-refractivity contribution in [2.24, 2.45) is 0 Å². The molecule has 0 aliphatic carbocycles. The Morgan fingerprint density at radius 3 is 2.41 bits per heavy atom. The smallest absolute Gasteiger partial charge is 0.261 e. The Morgan fingerprint density at radius 2 is 1.75 bits per heavy atom. The van der Waals surface area contributed by atoms with Gasteiger partial charge >= 0.3 is 0 Å². The predicted molar refractivity (Wildman–Crippen MR) is 115 cm³/mol. The number of ketones is 1. The molecule has 0 radical (unpaired) electrons. The predicted octanol–water partition coefficient (Wildman–Crippen LogP) is 1.41. The van der Waals surface area contributed by atoms with Crippen LogP contribution in [0.25, 0.3) is 0 Å². The summed E-state index contributed by atoms with van der Waals surface area (Å²) >= 11 is 0. The number of nitrogens with one attached hydrogen (secondary N) is 1. The van der Waals surface area contributed by atoms with E-state index in [-0.39, 0.29) is 54.5 Å². The largest absolute Gasteiger partial charge is 0.385 e. The minimum atomic E-state index is -0.395. The van der Waals surface area contributed by atoms with E-state index in [1.54, 1.807) is 18.1 Å². The maximum atomic E-state index is 12.7. The van der Waals surface area contributed by atoms with Gasteiger partial charge in [0.05, 0.1) is 11.1 Å². The fourth-order valence-electron chi connectivity index (χ4n) is 3.99. The number of fused-ring (bicyclic) bond motifs is 1. The maximum absolute atomic E-state index is 12.7. The van der Waals surface area contributed by atoms with Gasteiger partial charge in [0.25, 0.3) is 17.7 Å². The fraction of sp³-hybridized carbons (Fsp3) is 0.522. The highest BCUT2D eigenvalue weighted by molar-refractivity contribution is 6.22. The van der Waals surface area contributed by atoms with Crippen molar-refractivity contribution in [3.8, 4) is 0 Å². The van der Waals surface area contributed by atoms with Crippen LogP contribution >= 0.6 is 0 Å². The molecule has 0 aromatic heterocycles. The van der Waals surface area contributed by atoms with Gasteiger partial charge in [0, 0.05) is 57.8 Å². The molecule has 172 valence electrons. The SMILES string of the molecule is COCCCN1C(=O)c2ccc(C(=O)NC3CCN(C(=O)CCC(C)=O)CC3)cc2C1=O. The molecule has 1 N–H and O–H groups in total. The van der Waals surface area contributed by atoms with E-state index in [2.05, 4.69) is 5.32 Å². The zero-order valence-corrected chi connectivity index (χ0v) is 18.5. The number of carbonyl (C=O) groups excluding carboxylic acids is 5. The second-order valence-electron chi connectivity index (χ2n) is 8.20. The van der Waals surface area contributed by atoms with Crippen LogP contribution in [-0.4, -0.2) is 78.6 Å². The van der Waals surface area contributed by atoms with E-state index >= 15 is 0 Å². The van der Waals surface area contributed by atoms with E-state index in [4.69, 9.17) is 4.74 Å². The minimum Gasteiger partial charge on any atom is -0.385 e. The lowest BCUT2D eigenvalue weighted by Crippen LogP contribution is -2.46. The molecular weight excluding hydrogens is 414 g/mol. The van der Waals surface area contributed by atoms with Crippen LogP contribution in [0.1, 0.15) is 70.1 Å². The molecule has 1 fully saturated rings. The molecule has 0 atom stereocenters. The van der Waals surface area contributed by atoms with Gasteiger partial charge in [0.2, 0.25) is 5.91 Å². The molecule has 9 nitrogen and oxygen atoms in total. The van der Waals surface area contributed by atoms with Crippen LogP contribution in [0.2, 0.25) is 0 Å². The Kier molecular flexibility index (Phi) is 7.74. The third-order valence-corrected chi connectivity index (χ3v) is 5.84. The van der Waals surface area contributed by atoms with Crippen molar-refractivity contribution in [1.29, 1.82) is 0 Å². The quantitative estimate of drug-likeness (QED) is 0.456. The van der Waals surface area contributed by atoms with Gasteiger partial charge in [-0.2, -0.15) is 0 Å². The van der Waals surface area contributed by atoms with E-state index in [1.807, 2.05) is 0 Å². The van der Waals surface area contributed by atoms with Gasteiger partial charge in [-0.1, -0.05) is 0 Å². The molecule has 3 rings (SSSR count). The number of ether oxygens (including phenoxy) is 1. The Bertz CT molecular complexity index is 920. The summed E-state index contributed by atoms with van der Waals surface area (Å²) in [6, 6.07) is 4.47. The summed E-state index contributed by atoms with van der Waals surface area (Å²) in [7, 11) is 1.56.